The third kappa shape index (κ3) is 2.57. The van der Waals surface area contributed by atoms with Crippen LogP contribution in [-0.2, 0) is 6.54 Å². The highest BCUT2D eigenvalue weighted by Gasteiger charge is 2.13. The van der Waals surface area contributed by atoms with Gasteiger partial charge >= 0.3 is 5.82 Å². The quantitative estimate of drug-likeness (QED) is 0.628. The summed E-state index contributed by atoms with van der Waals surface area (Å²) >= 11 is 0. The second-order valence-electron chi connectivity index (χ2n) is 3.37. The number of nitrogens with one attached hydrogen (secondary N) is 2. The molecule has 7 heteroatoms. The van der Waals surface area contributed by atoms with E-state index in [0.717, 1.165) is 5.56 Å². The Morgan fingerprint density at radius 1 is 1.41 bits per heavy atom. The zero-order valence-electron chi connectivity index (χ0n) is 8.68. The Hall–Kier alpha value is -2.44. The number of aromatic amines is 1. The molecule has 0 saturated heterocycles. The summed E-state index contributed by atoms with van der Waals surface area (Å²) in [5.74, 6) is -0.504. The first-order valence-electron chi connectivity index (χ1n) is 4.83. The third-order valence-corrected chi connectivity index (χ3v) is 2.20. The van der Waals surface area contributed by atoms with Crippen molar-refractivity contribution in [2.45, 2.75) is 6.54 Å². The van der Waals surface area contributed by atoms with E-state index >= 15 is 0 Å². The molecule has 17 heavy (non-hydrogen) atoms. The average Bonchev–Trinajstić information content (AvgIpc) is 2.76. The number of benzene rings is 1. The predicted molar refractivity (Wildman–Crippen MR) is 59.0 cm³/mol. The Kier molecular flexibility index (Phi) is 2.99. The molecule has 6 nitrogen and oxygen atoms in total. The number of hydrogen-bond donors (Lipinski definition) is 2. The van der Waals surface area contributed by atoms with Gasteiger partial charge in [-0.25, -0.2) is 4.39 Å². The molecular formula is C10H9FN4O2. The summed E-state index contributed by atoms with van der Waals surface area (Å²) in [6, 6.07) is 5.88. The summed E-state index contributed by atoms with van der Waals surface area (Å²) in [6.45, 7) is 0.362. The maximum atomic E-state index is 12.6. The van der Waals surface area contributed by atoms with Crippen LogP contribution in [-0.4, -0.2) is 15.1 Å². The van der Waals surface area contributed by atoms with Gasteiger partial charge in [-0.05, 0) is 22.6 Å². The van der Waals surface area contributed by atoms with Gasteiger partial charge in [-0.3, -0.25) is 0 Å². The summed E-state index contributed by atoms with van der Waals surface area (Å²) in [5, 5.41) is 19.3. The molecular weight excluding hydrogens is 227 g/mol. The summed E-state index contributed by atoms with van der Waals surface area (Å²) in [4.78, 5) is 10.0. The van der Waals surface area contributed by atoms with Gasteiger partial charge < -0.3 is 15.4 Å². The number of anilines is 1. The second-order valence-corrected chi connectivity index (χ2v) is 3.37. The van der Waals surface area contributed by atoms with E-state index in [1.807, 2.05) is 0 Å². The highest BCUT2D eigenvalue weighted by atomic mass is 19.1. The molecule has 2 rings (SSSR count). The van der Waals surface area contributed by atoms with Crippen LogP contribution in [0.3, 0.4) is 0 Å². The van der Waals surface area contributed by atoms with Crippen LogP contribution < -0.4 is 5.32 Å². The second kappa shape index (κ2) is 4.60. The number of rotatable bonds is 4. The molecule has 0 amide bonds. The molecule has 0 aliphatic carbocycles. The fraction of sp³-hybridized carbons (Fsp3) is 0.100. The molecule has 1 aromatic carbocycles. The van der Waals surface area contributed by atoms with E-state index in [1.54, 1.807) is 12.1 Å². The average molecular weight is 236 g/mol. The van der Waals surface area contributed by atoms with Gasteiger partial charge in [0.15, 0.2) is 5.69 Å². The molecule has 0 radical (unpaired) electrons. The Bertz CT molecular complexity index is 523. The molecule has 1 heterocycles. The van der Waals surface area contributed by atoms with Gasteiger partial charge in [0.2, 0.25) is 0 Å². The minimum absolute atomic E-state index is 0.188. The fourth-order valence-electron chi connectivity index (χ4n) is 1.35. The molecule has 88 valence electrons. The number of hydrogen-bond acceptors (Lipinski definition) is 4. The van der Waals surface area contributed by atoms with Crippen LogP contribution in [0.5, 0.6) is 0 Å². The topological polar surface area (TPSA) is 83.8 Å². The van der Waals surface area contributed by atoms with Crippen molar-refractivity contribution < 1.29 is 9.31 Å². The Labute approximate surface area is 95.6 Å². The number of nitro groups is 1. The van der Waals surface area contributed by atoms with Gasteiger partial charge in [-0.1, -0.05) is 17.2 Å². The Morgan fingerprint density at radius 2 is 2.12 bits per heavy atom. The lowest BCUT2D eigenvalue weighted by Crippen LogP contribution is -2.01. The molecule has 0 spiro atoms. The molecule has 2 aromatic rings. The van der Waals surface area contributed by atoms with Crippen molar-refractivity contribution in [1.29, 1.82) is 0 Å². The lowest BCUT2D eigenvalue weighted by molar-refractivity contribution is -0.388. The van der Waals surface area contributed by atoms with Crippen LogP contribution in [0.25, 0.3) is 0 Å². The van der Waals surface area contributed by atoms with Gasteiger partial charge in [0.25, 0.3) is 0 Å². The van der Waals surface area contributed by atoms with Crippen LogP contribution in [0, 0.1) is 15.9 Å². The Morgan fingerprint density at radius 3 is 2.76 bits per heavy atom. The van der Waals surface area contributed by atoms with E-state index in [-0.39, 0.29) is 11.6 Å². The highest BCUT2D eigenvalue weighted by molar-refractivity contribution is 5.55. The molecule has 0 aliphatic rings. The summed E-state index contributed by atoms with van der Waals surface area (Å²) < 4.78 is 12.6. The normalized spacial score (nSPS) is 10.2. The van der Waals surface area contributed by atoms with Gasteiger partial charge in [0.05, 0.1) is 0 Å². The lowest BCUT2D eigenvalue weighted by Gasteiger charge is -2.03. The summed E-state index contributed by atoms with van der Waals surface area (Å²) in [7, 11) is 0. The largest absolute Gasteiger partial charge is 0.373 e. The standard InChI is InChI=1S/C10H9FN4O2/c11-8-3-1-7(2-4-8)5-12-9-6-13-14-10(9)15(16)17/h1-4,6,12H,5H2,(H,13,14). The van der Waals surface area contributed by atoms with E-state index in [2.05, 4.69) is 15.5 Å². The van der Waals surface area contributed by atoms with Crippen LogP contribution in [0.4, 0.5) is 15.9 Å². The fourth-order valence-corrected chi connectivity index (χ4v) is 1.35. The lowest BCUT2D eigenvalue weighted by atomic mass is 10.2. The number of halogens is 1. The van der Waals surface area contributed by atoms with Crippen LogP contribution in [0.2, 0.25) is 0 Å². The SMILES string of the molecule is O=[N+]([O-])c1[nH]ncc1NCc1ccc(F)cc1. The van der Waals surface area contributed by atoms with Gasteiger partial charge in [-0.2, -0.15) is 0 Å². The van der Waals surface area contributed by atoms with E-state index in [9.17, 15) is 14.5 Å². The predicted octanol–water partition coefficient (Wildman–Crippen LogP) is 2.07. The van der Waals surface area contributed by atoms with Crippen LogP contribution in [0.15, 0.2) is 30.5 Å². The van der Waals surface area contributed by atoms with Crippen molar-refractivity contribution in [3.05, 3.63) is 52.0 Å². The molecule has 0 atom stereocenters. The van der Waals surface area contributed by atoms with E-state index in [4.69, 9.17) is 0 Å². The van der Waals surface area contributed by atoms with Crippen molar-refractivity contribution in [2.24, 2.45) is 0 Å². The maximum absolute atomic E-state index is 12.6. The molecule has 0 unspecified atom stereocenters. The van der Waals surface area contributed by atoms with E-state index < -0.39 is 4.92 Å². The molecule has 0 fully saturated rings. The minimum Gasteiger partial charge on any atom is -0.373 e. The first kappa shape index (κ1) is 11.1. The monoisotopic (exact) mass is 236 g/mol. The van der Waals surface area contributed by atoms with Crippen molar-refractivity contribution in [3.63, 3.8) is 0 Å². The van der Waals surface area contributed by atoms with Gasteiger partial charge in [-0.15, -0.1) is 5.10 Å². The minimum atomic E-state index is -0.556. The Balaban J connectivity index is 2.05. The van der Waals surface area contributed by atoms with Crippen LogP contribution in [0.1, 0.15) is 5.56 Å². The molecule has 0 saturated carbocycles. The van der Waals surface area contributed by atoms with Gasteiger partial charge in [0.1, 0.15) is 12.0 Å². The van der Waals surface area contributed by atoms with Crippen molar-refractivity contribution in [2.75, 3.05) is 5.32 Å². The third-order valence-electron chi connectivity index (χ3n) is 2.20. The first-order chi connectivity index (χ1) is 8.16. The highest BCUT2D eigenvalue weighted by Crippen LogP contribution is 2.20. The summed E-state index contributed by atoms with van der Waals surface area (Å²) in [6.07, 6.45) is 1.33. The van der Waals surface area contributed by atoms with E-state index in [0.29, 0.717) is 12.2 Å². The maximum Gasteiger partial charge on any atom is 0.366 e. The summed E-state index contributed by atoms with van der Waals surface area (Å²) in [5.41, 5.74) is 1.13. The van der Waals surface area contributed by atoms with Crippen LogP contribution >= 0.6 is 0 Å². The number of aromatic nitrogens is 2. The zero-order valence-corrected chi connectivity index (χ0v) is 8.68. The smallest absolute Gasteiger partial charge is 0.366 e. The van der Waals surface area contributed by atoms with E-state index in [1.165, 1.54) is 18.3 Å². The van der Waals surface area contributed by atoms with Crippen molar-refractivity contribution >= 4 is 11.5 Å². The molecule has 0 bridgehead atoms. The first-order valence-corrected chi connectivity index (χ1v) is 4.83. The number of nitrogens with zero attached hydrogens (tertiary/aromatic N) is 2. The molecule has 0 aliphatic heterocycles. The molecule has 2 N–H and O–H groups in total. The molecule has 1 aromatic heterocycles. The van der Waals surface area contributed by atoms with Crippen molar-refractivity contribution in [1.82, 2.24) is 10.2 Å². The zero-order chi connectivity index (χ0) is 12.3. The number of H-pyrrole nitrogens is 1. The van der Waals surface area contributed by atoms with Gasteiger partial charge in [0, 0.05) is 6.54 Å². The van der Waals surface area contributed by atoms with Crippen molar-refractivity contribution in [3.8, 4) is 0 Å².